The molecule has 1 aromatic heterocycles. The van der Waals surface area contributed by atoms with E-state index in [-0.39, 0.29) is 6.04 Å². The topological polar surface area (TPSA) is 77.8 Å². The number of nitrogens with two attached hydrogens (primary N) is 2. The second-order valence-corrected chi connectivity index (χ2v) is 5.04. The predicted octanol–water partition coefficient (Wildman–Crippen LogP) is 0.738. The Bertz CT molecular complexity index is 365. The van der Waals surface area contributed by atoms with E-state index in [4.69, 9.17) is 11.5 Å². The van der Waals surface area contributed by atoms with E-state index in [0.717, 1.165) is 35.0 Å². The molecule has 0 saturated heterocycles. The number of nitrogens with zero attached hydrogens (tertiary/aromatic N) is 2. The molecule has 0 fully saturated rings. The van der Waals surface area contributed by atoms with E-state index in [1.807, 2.05) is 18.7 Å². The van der Waals surface area contributed by atoms with Gasteiger partial charge in [-0.15, -0.1) is 0 Å². The minimum Gasteiger partial charge on any atom is -0.383 e. The Balaban J connectivity index is 2.32. The molecule has 4 N–H and O–H groups in total. The van der Waals surface area contributed by atoms with Crippen LogP contribution in [0.25, 0.3) is 0 Å². The van der Waals surface area contributed by atoms with Gasteiger partial charge in [0.25, 0.3) is 0 Å². The number of hydrogen-bond acceptors (Lipinski definition) is 5. The third-order valence-corrected chi connectivity index (χ3v) is 3.39. The lowest BCUT2D eigenvalue weighted by Crippen LogP contribution is -2.21. The molecular weight excluding hydrogens is 208 g/mol. The zero-order valence-electron chi connectivity index (χ0n) is 8.86. The minimum atomic E-state index is 0.0837. The molecule has 82 valence electrons. The van der Waals surface area contributed by atoms with Gasteiger partial charge in [0.2, 0.25) is 0 Å². The number of fused-ring (bicyclic) bond motifs is 1. The molecule has 0 radical (unpaired) electrons. The average molecular weight is 224 g/mol. The van der Waals surface area contributed by atoms with Crippen LogP contribution in [-0.2, 0) is 18.6 Å². The van der Waals surface area contributed by atoms with E-state index in [1.54, 1.807) is 0 Å². The predicted molar refractivity (Wildman–Crippen MR) is 63.7 cm³/mol. The van der Waals surface area contributed by atoms with Crippen molar-refractivity contribution in [1.82, 2.24) is 9.97 Å². The summed E-state index contributed by atoms with van der Waals surface area (Å²) in [7, 11) is 0. The molecule has 1 aliphatic rings. The minimum absolute atomic E-state index is 0.0837. The summed E-state index contributed by atoms with van der Waals surface area (Å²) in [6.45, 7) is 1.95. The van der Waals surface area contributed by atoms with Gasteiger partial charge < -0.3 is 11.5 Å². The summed E-state index contributed by atoms with van der Waals surface area (Å²) in [4.78, 5) is 8.83. The summed E-state index contributed by atoms with van der Waals surface area (Å²) in [5, 5.41) is 0. The molecule has 0 saturated carbocycles. The van der Waals surface area contributed by atoms with Gasteiger partial charge in [0, 0.05) is 23.8 Å². The van der Waals surface area contributed by atoms with Crippen molar-refractivity contribution in [2.45, 2.75) is 31.6 Å². The van der Waals surface area contributed by atoms with Gasteiger partial charge in [-0.3, -0.25) is 0 Å². The molecule has 0 spiro atoms. The van der Waals surface area contributed by atoms with E-state index in [0.29, 0.717) is 12.2 Å². The van der Waals surface area contributed by atoms with Crippen molar-refractivity contribution in [2.75, 3.05) is 11.5 Å². The molecule has 2 heterocycles. The van der Waals surface area contributed by atoms with Gasteiger partial charge in [-0.2, -0.15) is 11.8 Å². The maximum absolute atomic E-state index is 5.91. The first-order valence-electron chi connectivity index (χ1n) is 5.14. The summed E-state index contributed by atoms with van der Waals surface area (Å²) in [5.74, 6) is 3.50. The molecule has 4 nitrogen and oxygen atoms in total. The van der Waals surface area contributed by atoms with Crippen LogP contribution < -0.4 is 11.5 Å². The Labute approximate surface area is 93.9 Å². The van der Waals surface area contributed by atoms with Crippen LogP contribution in [0.5, 0.6) is 0 Å². The standard InChI is InChI=1S/C10H16N4S/c1-6(11)4-9-13-8-2-3-15-5-7(8)10(12)14-9/h6H,2-5,11H2,1H3,(H2,12,13,14). The fraction of sp³-hybridized carbons (Fsp3) is 0.600. The van der Waals surface area contributed by atoms with Crippen LogP contribution in [0.1, 0.15) is 24.0 Å². The zero-order valence-corrected chi connectivity index (χ0v) is 9.68. The maximum Gasteiger partial charge on any atom is 0.132 e. The van der Waals surface area contributed by atoms with Gasteiger partial charge in [-0.05, 0) is 19.1 Å². The third kappa shape index (κ3) is 2.41. The van der Waals surface area contributed by atoms with E-state index in [9.17, 15) is 0 Å². The Hall–Kier alpha value is -0.810. The first kappa shape index (κ1) is 10.7. The molecule has 0 amide bonds. The second kappa shape index (κ2) is 4.37. The molecule has 1 aromatic rings. The summed E-state index contributed by atoms with van der Waals surface area (Å²) in [6, 6.07) is 0.0837. The number of hydrogen-bond donors (Lipinski definition) is 2. The quantitative estimate of drug-likeness (QED) is 0.774. The number of anilines is 1. The number of rotatable bonds is 2. The molecule has 0 bridgehead atoms. The number of thioether (sulfide) groups is 1. The molecular formula is C10H16N4S. The number of aromatic nitrogens is 2. The third-order valence-electron chi connectivity index (χ3n) is 2.41. The van der Waals surface area contributed by atoms with E-state index in [2.05, 4.69) is 9.97 Å². The van der Waals surface area contributed by atoms with Crippen LogP contribution in [-0.4, -0.2) is 21.8 Å². The Kier molecular flexibility index (Phi) is 3.11. The van der Waals surface area contributed by atoms with Gasteiger partial charge in [-0.1, -0.05) is 0 Å². The van der Waals surface area contributed by atoms with E-state index < -0.39 is 0 Å². The zero-order chi connectivity index (χ0) is 10.8. The average Bonchev–Trinajstić information content (AvgIpc) is 2.16. The molecule has 0 aliphatic carbocycles. The van der Waals surface area contributed by atoms with Crippen molar-refractivity contribution in [2.24, 2.45) is 5.73 Å². The van der Waals surface area contributed by atoms with Crippen LogP contribution in [0.4, 0.5) is 5.82 Å². The first-order valence-corrected chi connectivity index (χ1v) is 6.29. The maximum atomic E-state index is 5.91. The molecule has 2 rings (SSSR count). The lowest BCUT2D eigenvalue weighted by atomic mass is 10.1. The van der Waals surface area contributed by atoms with Gasteiger partial charge in [-0.25, -0.2) is 9.97 Å². The summed E-state index contributed by atoms with van der Waals surface area (Å²) in [5.41, 5.74) is 13.9. The van der Waals surface area contributed by atoms with Crippen LogP contribution >= 0.6 is 11.8 Å². The Morgan fingerprint density at radius 2 is 2.27 bits per heavy atom. The van der Waals surface area contributed by atoms with Crippen molar-refractivity contribution in [1.29, 1.82) is 0 Å². The highest BCUT2D eigenvalue weighted by atomic mass is 32.2. The molecule has 5 heteroatoms. The molecule has 1 atom stereocenters. The number of aryl methyl sites for hydroxylation is 1. The van der Waals surface area contributed by atoms with Gasteiger partial charge >= 0.3 is 0 Å². The van der Waals surface area contributed by atoms with Crippen LogP contribution in [0.2, 0.25) is 0 Å². The first-order chi connectivity index (χ1) is 7.16. The van der Waals surface area contributed by atoms with E-state index >= 15 is 0 Å². The van der Waals surface area contributed by atoms with Gasteiger partial charge in [0.15, 0.2) is 0 Å². The summed E-state index contributed by atoms with van der Waals surface area (Å²) < 4.78 is 0. The highest BCUT2D eigenvalue weighted by Gasteiger charge is 2.16. The molecule has 1 unspecified atom stereocenters. The Morgan fingerprint density at radius 3 is 3.00 bits per heavy atom. The summed E-state index contributed by atoms with van der Waals surface area (Å²) >= 11 is 1.89. The van der Waals surface area contributed by atoms with Gasteiger partial charge in [0.05, 0.1) is 5.69 Å². The summed E-state index contributed by atoms with van der Waals surface area (Å²) in [6.07, 6.45) is 1.70. The van der Waals surface area contributed by atoms with Crippen molar-refractivity contribution < 1.29 is 0 Å². The monoisotopic (exact) mass is 224 g/mol. The van der Waals surface area contributed by atoms with Crippen LogP contribution in [0.15, 0.2) is 0 Å². The largest absolute Gasteiger partial charge is 0.383 e. The fourth-order valence-electron chi connectivity index (χ4n) is 1.69. The lowest BCUT2D eigenvalue weighted by molar-refractivity contribution is 0.695. The highest BCUT2D eigenvalue weighted by molar-refractivity contribution is 7.98. The lowest BCUT2D eigenvalue weighted by Gasteiger charge is -2.17. The smallest absolute Gasteiger partial charge is 0.132 e. The molecule has 15 heavy (non-hydrogen) atoms. The second-order valence-electron chi connectivity index (χ2n) is 3.93. The van der Waals surface area contributed by atoms with Gasteiger partial charge in [0.1, 0.15) is 11.6 Å². The fourth-order valence-corrected chi connectivity index (χ4v) is 2.69. The van der Waals surface area contributed by atoms with Crippen molar-refractivity contribution in [3.63, 3.8) is 0 Å². The van der Waals surface area contributed by atoms with Crippen LogP contribution in [0, 0.1) is 0 Å². The molecule has 1 aliphatic heterocycles. The van der Waals surface area contributed by atoms with Crippen molar-refractivity contribution >= 4 is 17.6 Å². The van der Waals surface area contributed by atoms with E-state index in [1.165, 1.54) is 0 Å². The van der Waals surface area contributed by atoms with Crippen molar-refractivity contribution in [3.05, 3.63) is 17.1 Å². The number of nitrogen functional groups attached to an aromatic ring is 1. The normalized spacial score (nSPS) is 17.2. The highest BCUT2D eigenvalue weighted by Crippen LogP contribution is 2.26. The van der Waals surface area contributed by atoms with Crippen molar-refractivity contribution in [3.8, 4) is 0 Å². The SMILES string of the molecule is CC(N)Cc1nc(N)c2c(n1)CCSC2. The van der Waals surface area contributed by atoms with Crippen LogP contribution in [0.3, 0.4) is 0 Å². The molecule has 0 aromatic carbocycles. The Morgan fingerprint density at radius 1 is 1.47 bits per heavy atom.